The molecule has 0 fully saturated rings. The van der Waals surface area contributed by atoms with E-state index in [2.05, 4.69) is 0 Å². The van der Waals surface area contributed by atoms with Crippen molar-refractivity contribution in [3.63, 3.8) is 0 Å². The number of rotatable bonds is 4. The number of amides is 1. The van der Waals surface area contributed by atoms with Gasteiger partial charge in [-0.15, -0.1) is 0 Å². The first-order valence-electron chi connectivity index (χ1n) is 5.86. The van der Waals surface area contributed by atoms with Crippen LogP contribution in [0.2, 0.25) is 0 Å². The van der Waals surface area contributed by atoms with Crippen LogP contribution in [-0.2, 0) is 21.2 Å². The van der Waals surface area contributed by atoms with Gasteiger partial charge >= 0.3 is 0 Å². The van der Waals surface area contributed by atoms with E-state index in [1.807, 2.05) is 4.72 Å². The number of carbonyl (C=O) groups is 1. The van der Waals surface area contributed by atoms with Crippen LogP contribution in [-0.4, -0.2) is 19.4 Å². The van der Waals surface area contributed by atoms with Gasteiger partial charge in [-0.2, -0.15) is 0 Å². The fourth-order valence-electron chi connectivity index (χ4n) is 1.64. The molecule has 2 aromatic carbocycles. The summed E-state index contributed by atoms with van der Waals surface area (Å²) in [7, 11) is -3.84. The monoisotopic (exact) mass is 291 g/mol. The molecule has 0 saturated heterocycles. The van der Waals surface area contributed by atoms with Crippen molar-refractivity contribution in [3.8, 4) is 5.75 Å². The Kier molecular flexibility index (Phi) is 4.05. The van der Waals surface area contributed by atoms with E-state index in [0.717, 1.165) is 0 Å². The van der Waals surface area contributed by atoms with Crippen molar-refractivity contribution in [2.45, 2.75) is 11.3 Å². The number of aromatic hydroxyl groups is 1. The number of sulfonamides is 1. The lowest BCUT2D eigenvalue weighted by Gasteiger charge is -2.07. The molecule has 0 aliphatic rings. The van der Waals surface area contributed by atoms with E-state index in [-0.39, 0.29) is 17.1 Å². The third-order valence-corrected chi connectivity index (χ3v) is 3.99. The van der Waals surface area contributed by atoms with Crippen LogP contribution in [0.1, 0.15) is 5.56 Å². The molecule has 0 aromatic heterocycles. The maximum atomic E-state index is 11.9. The Labute approximate surface area is 116 Å². The summed E-state index contributed by atoms with van der Waals surface area (Å²) in [5.41, 5.74) is 0.614. The highest BCUT2D eigenvalue weighted by Gasteiger charge is 2.17. The molecule has 0 radical (unpaired) electrons. The normalized spacial score (nSPS) is 11.0. The van der Waals surface area contributed by atoms with Crippen LogP contribution in [0, 0.1) is 0 Å². The molecule has 0 aliphatic carbocycles. The molecule has 20 heavy (non-hydrogen) atoms. The van der Waals surface area contributed by atoms with E-state index < -0.39 is 15.9 Å². The molecule has 2 rings (SSSR count). The van der Waals surface area contributed by atoms with Gasteiger partial charge in [0.15, 0.2) is 0 Å². The summed E-state index contributed by atoms with van der Waals surface area (Å²) in [6.45, 7) is 0. The predicted octanol–water partition coefficient (Wildman–Crippen LogP) is 1.44. The molecule has 0 atom stereocenters. The van der Waals surface area contributed by atoms with E-state index in [9.17, 15) is 13.2 Å². The lowest BCUT2D eigenvalue weighted by Crippen LogP contribution is -2.31. The number of hydrogen-bond acceptors (Lipinski definition) is 4. The minimum absolute atomic E-state index is 0.0408. The first kappa shape index (κ1) is 14.1. The van der Waals surface area contributed by atoms with Crippen molar-refractivity contribution in [1.82, 2.24) is 4.72 Å². The van der Waals surface area contributed by atoms with Gasteiger partial charge in [-0.3, -0.25) is 4.79 Å². The lowest BCUT2D eigenvalue weighted by atomic mass is 10.1. The van der Waals surface area contributed by atoms with Gasteiger partial charge in [0, 0.05) is 0 Å². The standard InChI is InChI=1S/C14H13NO4S/c16-12-8-6-11(7-9-12)10-14(17)15-20(18,19)13-4-2-1-3-5-13/h1-9,16H,10H2,(H,15,17). The van der Waals surface area contributed by atoms with Gasteiger partial charge in [0.25, 0.3) is 10.0 Å². The van der Waals surface area contributed by atoms with Gasteiger partial charge in [0.05, 0.1) is 11.3 Å². The number of hydrogen-bond donors (Lipinski definition) is 2. The van der Waals surface area contributed by atoms with E-state index in [1.54, 1.807) is 30.3 Å². The SMILES string of the molecule is O=C(Cc1ccc(O)cc1)NS(=O)(=O)c1ccccc1. The van der Waals surface area contributed by atoms with E-state index in [0.29, 0.717) is 5.56 Å². The van der Waals surface area contributed by atoms with Gasteiger partial charge in [-0.25, -0.2) is 13.1 Å². The average molecular weight is 291 g/mol. The van der Waals surface area contributed by atoms with E-state index >= 15 is 0 Å². The maximum Gasteiger partial charge on any atom is 0.264 e. The van der Waals surface area contributed by atoms with Crippen LogP contribution in [0.4, 0.5) is 0 Å². The highest BCUT2D eigenvalue weighted by Crippen LogP contribution is 2.11. The van der Waals surface area contributed by atoms with Crippen molar-refractivity contribution in [2.24, 2.45) is 0 Å². The number of nitrogens with one attached hydrogen (secondary N) is 1. The third-order valence-electron chi connectivity index (χ3n) is 2.60. The van der Waals surface area contributed by atoms with Gasteiger partial charge in [0.1, 0.15) is 5.75 Å². The Bertz CT molecular complexity index is 694. The molecule has 6 heteroatoms. The minimum atomic E-state index is -3.84. The molecule has 0 aliphatic heterocycles. The van der Waals surface area contributed by atoms with Gasteiger partial charge in [-0.1, -0.05) is 30.3 Å². The summed E-state index contributed by atoms with van der Waals surface area (Å²) in [6, 6.07) is 13.7. The third kappa shape index (κ3) is 3.58. The molecule has 104 valence electrons. The Hall–Kier alpha value is -2.34. The van der Waals surface area contributed by atoms with Crippen LogP contribution < -0.4 is 4.72 Å². The molecule has 5 nitrogen and oxygen atoms in total. The molecular weight excluding hydrogens is 278 g/mol. The molecule has 0 heterocycles. The summed E-state index contributed by atoms with van der Waals surface area (Å²) in [5.74, 6) is -0.536. The van der Waals surface area contributed by atoms with Crippen molar-refractivity contribution in [3.05, 3.63) is 60.2 Å². The molecule has 2 N–H and O–H groups in total. The molecule has 0 unspecified atom stereocenters. The first-order valence-corrected chi connectivity index (χ1v) is 7.34. The molecule has 2 aromatic rings. The van der Waals surface area contributed by atoms with Crippen molar-refractivity contribution in [1.29, 1.82) is 0 Å². The number of benzene rings is 2. The van der Waals surface area contributed by atoms with Gasteiger partial charge in [-0.05, 0) is 29.8 Å². The Morgan fingerprint density at radius 1 is 1.00 bits per heavy atom. The quantitative estimate of drug-likeness (QED) is 0.893. The topological polar surface area (TPSA) is 83.5 Å². The van der Waals surface area contributed by atoms with Crippen molar-refractivity contribution >= 4 is 15.9 Å². The largest absolute Gasteiger partial charge is 0.508 e. The van der Waals surface area contributed by atoms with Crippen molar-refractivity contribution < 1.29 is 18.3 Å². The zero-order chi connectivity index (χ0) is 14.6. The number of phenolic OH excluding ortho intramolecular Hbond substituents is 1. The molecule has 0 bridgehead atoms. The molecule has 0 spiro atoms. The van der Waals surface area contributed by atoms with Crippen LogP contribution >= 0.6 is 0 Å². The van der Waals surface area contributed by atoms with Crippen LogP contribution in [0.25, 0.3) is 0 Å². The fourth-order valence-corrected chi connectivity index (χ4v) is 2.65. The van der Waals surface area contributed by atoms with Crippen molar-refractivity contribution in [2.75, 3.05) is 0 Å². The lowest BCUT2D eigenvalue weighted by molar-refractivity contribution is -0.118. The zero-order valence-electron chi connectivity index (χ0n) is 10.5. The highest BCUT2D eigenvalue weighted by atomic mass is 32.2. The fraction of sp³-hybridized carbons (Fsp3) is 0.0714. The first-order chi connectivity index (χ1) is 9.47. The number of carbonyl (C=O) groups excluding carboxylic acids is 1. The maximum absolute atomic E-state index is 11.9. The number of phenols is 1. The zero-order valence-corrected chi connectivity index (χ0v) is 11.3. The van der Waals surface area contributed by atoms with Gasteiger partial charge < -0.3 is 5.11 Å². The summed E-state index contributed by atoms with van der Waals surface area (Å²) < 4.78 is 25.8. The second kappa shape index (κ2) is 5.75. The van der Waals surface area contributed by atoms with Crippen LogP contribution in [0.3, 0.4) is 0 Å². The summed E-state index contributed by atoms with van der Waals surface area (Å²) >= 11 is 0. The second-order valence-electron chi connectivity index (χ2n) is 4.18. The predicted molar refractivity (Wildman–Crippen MR) is 73.6 cm³/mol. The van der Waals surface area contributed by atoms with Gasteiger partial charge in [0.2, 0.25) is 5.91 Å². The van der Waals surface area contributed by atoms with Crippen LogP contribution in [0.15, 0.2) is 59.5 Å². The Morgan fingerprint density at radius 3 is 2.20 bits per heavy atom. The smallest absolute Gasteiger partial charge is 0.264 e. The molecule has 0 saturated carbocycles. The average Bonchev–Trinajstić information content (AvgIpc) is 2.42. The highest BCUT2D eigenvalue weighted by molar-refractivity contribution is 7.90. The summed E-state index contributed by atoms with van der Waals surface area (Å²) in [5, 5.41) is 9.13. The Morgan fingerprint density at radius 2 is 1.60 bits per heavy atom. The van der Waals surface area contributed by atoms with Crippen LogP contribution in [0.5, 0.6) is 5.75 Å². The Balaban J connectivity index is 2.06. The van der Waals surface area contributed by atoms with E-state index in [4.69, 9.17) is 5.11 Å². The second-order valence-corrected chi connectivity index (χ2v) is 5.87. The molecule has 1 amide bonds. The van der Waals surface area contributed by atoms with E-state index in [1.165, 1.54) is 24.3 Å². The molecular formula is C14H13NO4S. The summed E-state index contributed by atoms with van der Waals surface area (Å²) in [4.78, 5) is 11.8. The summed E-state index contributed by atoms with van der Waals surface area (Å²) in [6.07, 6.45) is -0.0770. The minimum Gasteiger partial charge on any atom is -0.508 e.